The van der Waals surface area contributed by atoms with Crippen LogP contribution in [0.4, 0.5) is 17.1 Å². The second-order valence-corrected chi connectivity index (χ2v) is 15.2. The number of anilines is 3. The zero-order chi connectivity index (χ0) is 38.2. The fourth-order valence-corrected chi connectivity index (χ4v) is 9.40. The van der Waals surface area contributed by atoms with Crippen LogP contribution < -0.4 is 4.90 Å². The number of benzene rings is 11. The first kappa shape index (κ1) is 32.6. The predicted octanol–water partition coefficient (Wildman–Crippen LogP) is 16.2. The topological polar surface area (TPSA) is 16.4 Å². The van der Waals surface area contributed by atoms with Crippen LogP contribution in [0.2, 0.25) is 0 Å². The molecule has 0 aliphatic rings. The lowest BCUT2D eigenvalue weighted by molar-refractivity contribution is 0.672. The minimum absolute atomic E-state index is 0.866. The van der Waals surface area contributed by atoms with Crippen molar-refractivity contribution in [2.75, 3.05) is 4.90 Å². The molecular formula is C56H35NO. The van der Waals surface area contributed by atoms with Crippen molar-refractivity contribution in [2.45, 2.75) is 0 Å². The predicted molar refractivity (Wildman–Crippen MR) is 247 cm³/mol. The average Bonchev–Trinajstić information content (AvgIpc) is 3.69. The average molecular weight is 738 g/mol. The third-order valence-electron chi connectivity index (χ3n) is 12.0. The Morgan fingerprint density at radius 3 is 1.72 bits per heavy atom. The van der Waals surface area contributed by atoms with Crippen molar-refractivity contribution in [1.29, 1.82) is 0 Å². The molecule has 1 aromatic heterocycles. The number of fused-ring (bicyclic) bond motifs is 10. The van der Waals surface area contributed by atoms with Gasteiger partial charge in [-0.15, -0.1) is 0 Å². The summed E-state index contributed by atoms with van der Waals surface area (Å²) >= 11 is 0. The molecule has 0 radical (unpaired) electrons. The summed E-state index contributed by atoms with van der Waals surface area (Å²) in [5.41, 5.74) is 9.87. The maximum atomic E-state index is 6.76. The molecule has 0 atom stereocenters. The third kappa shape index (κ3) is 4.99. The lowest BCUT2D eigenvalue weighted by Crippen LogP contribution is -2.11. The van der Waals surface area contributed by atoms with E-state index in [4.69, 9.17) is 4.42 Å². The number of nitrogens with zero attached hydrogens (tertiary/aromatic N) is 1. The van der Waals surface area contributed by atoms with Crippen LogP contribution in [0.25, 0.3) is 98.1 Å². The standard InChI is InChI=1S/C56H35NO/c1-4-17-41-36(13-1)16-9-22-42(41)38-29-32-40(33-30-38)57(53-27-12-28-54-55(53)50-34-31-37-14-2-6-19-44(37)56(50)58-54)52-26-11-24-46-48(23-10-25-49(46)52)51-35-39-15-3-5-18-43(39)45-20-7-8-21-47(45)51/h1-35H. The molecule has 1 heterocycles. The Labute approximate surface area is 335 Å². The molecule has 2 nitrogen and oxygen atoms in total. The van der Waals surface area contributed by atoms with Crippen LogP contribution in [0, 0.1) is 0 Å². The van der Waals surface area contributed by atoms with E-state index in [0.29, 0.717) is 0 Å². The number of hydrogen-bond donors (Lipinski definition) is 0. The number of furan rings is 1. The molecule has 0 saturated carbocycles. The Morgan fingerprint density at radius 2 is 0.879 bits per heavy atom. The van der Waals surface area contributed by atoms with E-state index >= 15 is 0 Å². The van der Waals surface area contributed by atoms with Gasteiger partial charge in [0, 0.05) is 21.8 Å². The molecule has 12 rings (SSSR count). The summed E-state index contributed by atoms with van der Waals surface area (Å²) in [5, 5.41) is 14.4. The van der Waals surface area contributed by atoms with E-state index in [0.717, 1.165) is 44.4 Å². The SMILES string of the molecule is c1ccc2c(-c3ccc(N(c4cccc5c(-c6cc7ccccc7c7ccccc67)cccc45)c4cccc5oc6c7ccccc7ccc6c45)cc3)cccc2c1. The van der Waals surface area contributed by atoms with Crippen LogP contribution in [-0.2, 0) is 0 Å². The summed E-state index contributed by atoms with van der Waals surface area (Å²) in [5.74, 6) is 0. The van der Waals surface area contributed by atoms with Crippen molar-refractivity contribution in [2.24, 2.45) is 0 Å². The first-order valence-corrected chi connectivity index (χ1v) is 19.9. The van der Waals surface area contributed by atoms with Gasteiger partial charge in [0.05, 0.1) is 16.8 Å². The largest absolute Gasteiger partial charge is 0.455 e. The van der Waals surface area contributed by atoms with Crippen molar-refractivity contribution in [3.63, 3.8) is 0 Å². The first-order chi connectivity index (χ1) is 28.8. The van der Waals surface area contributed by atoms with Crippen LogP contribution in [0.3, 0.4) is 0 Å². The van der Waals surface area contributed by atoms with E-state index in [1.54, 1.807) is 0 Å². The van der Waals surface area contributed by atoms with Crippen molar-refractivity contribution in [1.82, 2.24) is 0 Å². The monoisotopic (exact) mass is 737 g/mol. The summed E-state index contributed by atoms with van der Waals surface area (Å²) in [6.45, 7) is 0. The summed E-state index contributed by atoms with van der Waals surface area (Å²) in [7, 11) is 0. The van der Waals surface area contributed by atoms with Crippen molar-refractivity contribution < 1.29 is 4.42 Å². The number of hydrogen-bond acceptors (Lipinski definition) is 2. The van der Waals surface area contributed by atoms with Crippen molar-refractivity contribution in [3.05, 3.63) is 212 Å². The fourth-order valence-electron chi connectivity index (χ4n) is 9.40. The molecule has 0 fully saturated rings. The fraction of sp³-hybridized carbons (Fsp3) is 0. The normalized spacial score (nSPS) is 11.8. The molecule has 11 aromatic carbocycles. The highest BCUT2D eigenvalue weighted by Crippen LogP contribution is 2.48. The Balaban J connectivity index is 1.12. The van der Waals surface area contributed by atoms with E-state index in [1.165, 1.54) is 70.7 Å². The molecule has 270 valence electrons. The molecule has 0 saturated heterocycles. The van der Waals surface area contributed by atoms with E-state index in [1.807, 2.05) is 0 Å². The zero-order valence-electron chi connectivity index (χ0n) is 31.6. The third-order valence-corrected chi connectivity index (χ3v) is 12.0. The van der Waals surface area contributed by atoms with Gasteiger partial charge in [-0.1, -0.05) is 170 Å². The summed E-state index contributed by atoms with van der Waals surface area (Å²) in [6.07, 6.45) is 0. The van der Waals surface area contributed by atoms with Gasteiger partial charge in [-0.05, 0) is 108 Å². The molecule has 0 aliphatic carbocycles. The van der Waals surface area contributed by atoms with Crippen LogP contribution in [0.15, 0.2) is 217 Å². The highest BCUT2D eigenvalue weighted by Gasteiger charge is 2.23. The molecule has 0 unspecified atom stereocenters. The smallest absolute Gasteiger partial charge is 0.143 e. The van der Waals surface area contributed by atoms with Gasteiger partial charge in [-0.2, -0.15) is 0 Å². The van der Waals surface area contributed by atoms with E-state index in [9.17, 15) is 0 Å². The molecule has 0 N–H and O–H groups in total. The van der Waals surface area contributed by atoms with Crippen LogP contribution in [0.5, 0.6) is 0 Å². The number of rotatable bonds is 5. The second-order valence-electron chi connectivity index (χ2n) is 15.2. The Kier molecular flexibility index (Phi) is 7.26. The van der Waals surface area contributed by atoms with Gasteiger partial charge in [0.25, 0.3) is 0 Å². The van der Waals surface area contributed by atoms with Gasteiger partial charge in [-0.25, -0.2) is 0 Å². The highest BCUT2D eigenvalue weighted by atomic mass is 16.3. The zero-order valence-corrected chi connectivity index (χ0v) is 31.6. The van der Waals surface area contributed by atoms with Gasteiger partial charge in [0.1, 0.15) is 11.2 Å². The Hall–Kier alpha value is -7.68. The quantitative estimate of drug-likeness (QED) is 0.164. The molecule has 0 spiro atoms. The van der Waals surface area contributed by atoms with E-state index in [-0.39, 0.29) is 0 Å². The lowest BCUT2D eigenvalue weighted by atomic mass is 9.90. The van der Waals surface area contributed by atoms with Crippen molar-refractivity contribution in [3.8, 4) is 22.3 Å². The van der Waals surface area contributed by atoms with Gasteiger partial charge < -0.3 is 9.32 Å². The maximum Gasteiger partial charge on any atom is 0.143 e. The Morgan fingerprint density at radius 1 is 0.310 bits per heavy atom. The summed E-state index contributed by atoms with van der Waals surface area (Å²) < 4.78 is 6.76. The first-order valence-electron chi connectivity index (χ1n) is 19.9. The lowest BCUT2D eigenvalue weighted by Gasteiger charge is -2.28. The van der Waals surface area contributed by atoms with E-state index < -0.39 is 0 Å². The summed E-state index contributed by atoms with van der Waals surface area (Å²) in [6, 6.07) is 77.1. The molecule has 58 heavy (non-hydrogen) atoms. The molecule has 2 heteroatoms. The molecular weight excluding hydrogens is 703 g/mol. The van der Waals surface area contributed by atoms with Crippen LogP contribution >= 0.6 is 0 Å². The van der Waals surface area contributed by atoms with Gasteiger partial charge in [0.15, 0.2) is 0 Å². The Bertz CT molecular complexity index is 3570. The van der Waals surface area contributed by atoms with Gasteiger partial charge >= 0.3 is 0 Å². The highest BCUT2D eigenvalue weighted by molar-refractivity contribution is 6.21. The van der Waals surface area contributed by atoms with Gasteiger partial charge in [0.2, 0.25) is 0 Å². The minimum atomic E-state index is 0.866. The molecule has 0 amide bonds. The summed E-state index contributed by atoms with van der Waals surface area (Å²) in [4.78, 5) is 2.43. The molecule has 0 bridgehead atoms. The van der Waals surface area contributed by atoms with Gasteiger partial charge in [-0.3, -0.25) is 0 Å². The van der Waals surface area contributed by atoms with Crippen LogP contribution in [-0.4, -0.2) is 0 Å². The minimum Gasteiger partial charge on any atom is -0.455 e. The molecule has 12 aromatic rings. The van der Waals surface area contributed by atoms with Crippen LogP contribution in [0.1, 0.15) is 0 Å². The molecule has 0 aliphatic heterocycles. The van der Waals surface area contributed by atoms with Crippen molar-refractivity contribution >= 4 is 92.9 Å². The maximum absolute atomic E-state index is 6.76. The van der Waals surface area contributed by atoms with E-state index in [2.05, 4.69) is 217 Å². The second kappa shape index (κ2) is 12.9.